The number of carbonyl (C=O) groups is 2. The van der Waals surface area contributed by atoms with Gasteiger partial charge < -0.3 is 4.79 Å². The van der Waals surface area contributed by atoms with Gasteiger partial charge in [-0.1, -0.05) is 0 Å². The topological polar surface area (TPSA) is 104 Å². The molecule has 0 radical (unpaired) electrons. The summed E-state index contributed by atoms with van der Waals surface area (Å²) in [5.74, 6) is -1.40. The molecule has 0 fully saturated rings. The van der Waals surface area contributed by atoms with Crippen molar-refractivity contribution in [2.75, 3.05) is 5.01 Å². The average molecular weight is 282 g/mol. The third-order valence-electron chi connectivity index (χ3n) is 2.70. The fourth-order valence-corrected chi connectivity index (χ4v) is 2.16. The van der Waals surface area contributed by atoms with Crippen LogP contribution in [0.5, 0.6) is 0 Å². The van der Waals surface area contributed by atoms with Crippen molar-refractivity contribution in [3.05, 3.63) is 24.3 Å². The first kappa shape index (κ1) is 13.4. The monoisotopic (exact) mass is 282 g/mol. The van der Waals surface area contributed by atoms with E-state index in [0.29, 0.717) is 17.7 Å². The van der Waals surface area contributed by atoms with Crippen LogP contribution < -0.4 is 5.01 Å². The molecular formula is C11H10N2O5S. The van der Waals surface area contributed by atoms with E-state index in [1.807, 2.05) is 0 Å². The number of aldehydes is 1. The van der Waals surface area contributed by atoms with Crippen molar-refractivity contribution in [1.29, 1.82) is 0 Å². The first-order valence-electron chi connectivity index (χ1n) is 5.26. The number of benzene rings is 1. The molecule has 2 rings (SSSR count). The summed E-state index contributed by atoms with van der Waals surface area (Å²) in [5.41, 5.74) is 0.694. The highest BCUT2D eigenvalue weighted by Gasteiger charge is 2.34. The average Bonchev–Trinajstić information content (AvgIpc) is 2.63. The van der Waals surface area contributed by atoms with Crippen LogP contribution in [-0.4, -0.2) is 30.9 Å². The Kier molecular flexibility index (Phi) is 3.21. The molecule has 1 N–H and O–H groups in total. The molecule has 0 bridgehead atoms. The van der Waals surface area contributed by atoms with E-state index in [1.165, 1.54) is 12.1 Å². The lowest BCUT2D eigenvalue weighted by Gasteiger charge is -2.12. The largest absolute Gasteiger partial charge is 0.302 e. The fraction of sp³-hybridized carbons (Fsp3) is 0.182. The first-order chi connectivity index (χ1) is 8.84. The van der Waals surface area contributed by atoms with E-state index in [1.54, 1.807) is 6.92 Å². The molecule has 7 nitrogen and oxygen atoms in total. The summed E-state index contributed by atoms with van der Waals surface area (Å²) in [6.45, 7) is 1.56. The lowest BCUT2D eigenvalue weighted by Crippen LogP contribution is -2.27. The molecule has 0 aromatic heterocycles. The van der Waals surface area contributed by atoms with E-state index in [2.05, 4.69) is 5.10 Å². The third kappa shape index (κ3) is 2.40. The molecular weight excluding hydrogens is 272 g/mol. The molecule has 1 aliphatic heterocycles. The van der Waals surface area contributed by atoms with Gasteiger partial charge in [-0.3, -0.25) is 9.35 Å². The van der Waals surface area contributed by atoms with Gasteiger partial charge in [0.1, 0.15) is 12.2 Å². The molecule has 1 aromatic carbocycles. The quantitative estimate of drug-likeness (QED) is 0.493. The maximum atomic E-state index is 11.8. The Labute approximate surface area is 109 Å². The van der Waals surface area contributed by atoms with Gasteiger partial charge >= 0.3 is 0 Å². The fourth-order valence-electron chi connectivity index (χ4n) is 1.68. The summed E-state index contributed by atoms with van der Waals surface area (Å²) >= 11 is 0. The third-order valence-corrected chi connectivity index (χ3v) is 3.57. The number of hydrazone groups is 1. The van der Waals surface area contributed by atoms with E-state index >= 15 is 0 Å². The molecule has 1 aliphatic rings. The molecule has 100 valence electrons. The second-order valence-electron chi connectivity index (χ2n) is 3.97. The Morgan fingerprint density at radius 1 is 1.32 bits per heavy atom. The van der Waals surface area contributed by atoms with E-state index in [-0.39, 0.29) is 4.90 Å². The number of hydrogen-bond donors (Lipinski definition) is 1. The lowest BCUT2D eigenvalue weighted by molar-refractivity contribution is -0.123. The molecule has 19 heavy (non-hydrogen) atoms. The maximum Gasteiger partial charge on any atom is 0.294 e. The highest BCUT2D eigenvalue weighted by molar-refractivity contribution is 7.85. The van der Waals surface area contributed by atoms with Crippen molar-refractivity contribution in [3.63, 3.8) is 0 Å². The molecule has 1 aromatic rings. The lowest BCUT2D eigenvalue weighted by atomic mass is 10.1. The van der Waals surface area contributed by atoms with E-state index in [4.69, 9.17) is 4.55 Å². The van der Waals surface area contributed by atoms with Gasteiger partial charge in [0.15, 0.2) is 0 Å². The summed E-state index contributed by atoms with van der Waals surface area (Å²) in [6, 6.07) is 4.95. The second-order valence-corrected chi connectivity index (χ2v) is 5.40. The van der Waals surface area contributed by atoms with Crippen molar-refractivity contribution in [2.45, 2.75) is 11.8 Å². The van der Waals surface area contributed by atoms with Crippen LogP contribution in [0.25, 0.3) is 0 Å². The smallest absolute Gasteiger partial charge is 0.294 e. The van der Waals surface area contributed by atoms with Gasteiger partial charge in [0.25, 0.3) is 16.0 Å². The Morgan fingerprint density at radius 2 is 1.89 bits per heavy atom. The van der Waals surface area contributed by atoms with Crippen LogP contribution >= 0.6 is 0 Å². The molecule has 8 heteroatoms. The van der Waals surface area contributed by atoms with Crippen molar-refractivity contribution >= 4 is 33.7 Å². The molecule has 0 spiro atoms. The Bertz CT molecular complexity index is 663. The minimum atomic E-state index is -4.28. The molecule has 1 heterocycles. The normalized spacial score (nSPS) is 19.5. The van der Waals surface area contributed by atoms with Gasteiger partial charge in [-0.25, -0.2) is 0 Å². The predicted octanol–water partition coefficient (Wildman–Crippen LogP) is 0.471. The van der Waals surface area contributed by atoms with Crippen molar-refractivity contribution in [3.8, 4) is 0 Å². The number of carbonyl (C=O) groups excluding carboxylic acids is 2. The molecule has 1 atom stereocenters. The second kappa shape index (κ2) is 4.56. The van der Waals surface area contributed by atoms with Gasteiger partial charge in [0.05, 0.1) is 16.3 Å². The van der Waals surface area contributed by atoms with Crippen molar-refractivity contribution in [1.82, 2.24) is 0 Å². The minimum Gasteiger partial charge on any atom is -0.302 e. The van der Waals surface area contributed by atoms with Gasteiger partial charge in [-0.2, -0.15) is 18.5 Å². The minimum absolute atomic E-state index is 0.282. The van der Waals surface area contributed by atoms with Crippen LogP contribution in [0.15, 0.2) is 34.3 Å². The van der Waals surface area contributed by atoms with Crippen LogP contribution in [0.3, 0.4) is 0 Å². The molecule has 0 saturated carbocycles. The van der Waals surface area contributed by atoms with Crippen LogP contribution in [0.2, 0.25) is 0 Å². The number of hydrogen-bond acceptors (Lipinski definition) is 5. The van der Waals surface area contributed by atoms with E-state index in [9.17, 15) is 18.0 Å². The van der Waals surface area contributed by atoms with Gasteiger partial charge in [0, 0.05) is 0 Å². The highest BCUT2D eigenvalue weighted by Crippen LogP contribution is 2.24. The van der Waals surface area contributed by atoms with E-state index in [0.717, 1.165) is 17.1 Å². The Balaban J connectivity index is 2.35. The standard InChI is InChI=1S/C11H10N2O5S/c1-7-10(6-14)11(15)13(12-7)8-2-4-9(5-3-8)19(16,17)18/h2-6,10H,1H3,(H,16,17,18). The number of anilines is 1. The molecule has 0 saturated heterocycles. The zero-order valence-corrected chi connectivity index (χ0v) is 10.7. The summed E-state index contributed by atoms with van der Waals surface area (Å²) < 4.78 is 30.6. The van der Waals surface area contributed by atoms with Crippen LogP contribution in [0, 0.1) is 5.92 Å². The van der Waals surface area contributed by atoms with Crippen LogP contribution in [0.4, 0.5) is 5.69 Å². The maximum absolute atomic E-state index is 11.8. The van der Waals surface area contributed by atoms with Crippen LogP contribution in [0.1, 0.15) is 6.92 Å². The Hall–Kier alpha value is -2.06. The molecule has 0 aliphatic carbocycles. The summed E-state index contributed by atoms with van der Waals surface area (Å²) in [5, 5.41) is 4.97. The van der Waals surface area contributed by atoms with Gasteiger partial charge in [0.2, 0.25) is 0 Å². The summed E-state index contributed by atoms with van der Waals surface area (Å²) in [7, 11) is -4.28. The van der Waals surface area contributed by atoms with Crippen molar-refractivity contribution in [2.24, 2.45) is 11.0 Å². The zero-order valence-electron chi connectivity index (χ0n) is 9.85. The van der Waals surface area contributed by atoms with Crippen LogP contribution in [-0.2, 0) is 19.7 Å². The SMILES string of the molecule is CC1=NN(c2ccc(S(=O)(=O)O)cc2)C(=O)C1C=O. The Morgan fingerprint density at radius 3 is 2.32 bits per heavy atom. The van der Waals surface area contributed by atoms with Crippen molar-refractivity contribution < 1.29 is 22.6 Å². The first-order valence-corrected chi connectivity index (χ1v) is 6.70. The zero-order chi connectivity index (χ0) is 14.2. The van der Waals surface area contributed by atoms with Gasteiger partial charge in [-0.05, 0) is 31.2 Å². The molecule has 1 unspecified atom stereocenters. The molecule has 1 amide bonds. The number of rotatable bonds is 3. The summed E-state index contributed by atoms with van der Waals surface area (Å²) in [6.07, 6.45) is 0.508. The van der Waals surface area contributed by atoms with E-state index < -0.39 is 21.9 Å². The highest BCUT2D eigenvalue weighted by atomic mass is 32.2. The number of amides is 1. The number of nitrogens with zero attached hydrogens (tertiary/aromatic N) is 2. The summed E-state index contributed by atoms with van der Waals surface area (Å²) in [4.78, 5) is 22.3. The predicted molar refractivity (Wildman–Crippen MR) is 66.4 cm³/mol. The van der Waals surface area contributed by atoms with Gasteiger partial charge in [-0.15, -0.1) is 0 Å².